The minimum absolute atomic E-state index is 0.0107. The van der Waals surface area contributed by atoms with Gasteiger partial charge in [-0.05, 0) is 77.0 Å². The summed E-state index contributed by atoms with van der Waals surface area (Å²) in [5, 5.41) is 23.3. The lowest BCUT2D eigenvalue weighted by atomic mass is 10.0. The highest BCUT2D eigenvalue weighted by Gasteiger charge is 2.20. The quantitative estimate of drug-likeness (QED) is 0.0321. The van der Waals surface area contributed by atoms with Crippen LogP contribution in [0.1, 0.15) is 322 Å². The van der Waals surface area contributed by atoms with Crippen molar-refractivity contribution in [3.05, 3.63) is 24.3 Å². The van der Waals surface area contributed by atoms with Gasteiger partial charge in [0.15, 0.2) is 0 Å². The van der Waals surface area contributed by atoms with Gasteiger partial charge in [-0.25, -0.2) is 0 Å². The summed E-state index contributed by atoms with van der Waals surface area (Å²) in [5.74, 6) is -0.0554. The molecule has 6 heteroatoms. The van der Waals surface area contributed by atoms with Gasteiger partial charge in [0, 0.05) is 12.8 Å². The minimum atomic E-state index is -0.673. The van der Waals surface area contributed by atoms with Crippen LogP contribution < -0.4 is 5.32 Å². The molecule has 0 aliphatic heterocycles. The number of carbonyl (C=O) groups excluding carboxylic acids is 2. The first-order valence-corrected chi connectivity index (χ1v) is 29.6. The van der Waals surface area contributed by atoms with Crippen molar-refractivity contribution in [2.75, 3.05) is 13.2 Å². The number of rotatable bonds is 55. The fraction of sp³-hybridized carbons (Fsp3) is 0.900. The molecule has 3 N–H and O–H groups in total. The van der Waals surface area contributed by atoms with E-state index in [1.54, 1.807) is 0 Å². The van der Waals surface area contributed by atoms with Gasteiger partial charge in [-0.15, -0.1) is 0 Å². The van der Waals surface area contributed by atoms with Gasteiger partial charge in [0.05, 0.1) is 25.4 Å². The van der Waals surface area contributed by atoms with Crippen molar-refractivity contribution in [1.82, 2.24) is 5.32 Å². The number of unbranched alkanes of at least 4 members (excludes halogenated alkanes) is 40. The van der Waals surface area contributed by atoms with E-state index in [-0.39, 0.29) is 18.5 Å². The van der Waals surface area contributed by atoms with E-state index in [4.69, 9.17) is 4.74 Å². The molecule has 0 fully saturated rings. The number of hydrogen-bond acceptors (Lipinski definition) is 5. The van der Waals surface area contributed by atoms with Crippen molar-refractivity contribution < 1.29 is 24.5 Å². The molecule has 66 heavy (non-hydrogen) atoms. The Hall–Kier alpha value is -1.66. The molecule has 0 aliphatic carbocycles. The van der Waals surface area contributed by atoms with Crippen molar-refractivity contribution in [2.24, 2.45) is 0 Å². The number of esters is 1. The zero-order chi connectivity index (χ0) is 47.9. The van der Waals surface area contributed by atoms with Gasteiger partial charge in [0.1, 0.15) is 0 Å². The van der Waals surface area contributed by atoms with Crippen molar-refractivity contribution in [1.29, 1.82) is 0 Å². The van der Waals surface area contributed by atoms with Crippen molar-refractivity contribution in [2.45, 2.75) is 334 Å². The van der Waals surface area contributed by atoms with E-state index in [1.165, 1.54) is 231 Å². The number of nitrogens with one attached hydrogen (secondary N) is 1. The Balaban J connectivity index is 3.46. The van der Waals surface area contributed by atoms with E-state index >= 15 is 0 Å². The van der Waals surface area contributed by atoms with Crippen LogP contribution in [-0.4, -0.2) is 47.4 Å². The number of aliphatic hydroxyl groups is 2. The van der Waals surface area contributed by atoms with Gasteiger partial charge in [-0.2, -0.15) is 0 Å². The number of ether oxygens (including phenoxy) is 1. The first kappa shape index (κ1) is 64.3. The van der Waals surface area contributed by atoms with Crippen molar-refractivity contribution in [3.8, 4) is 0 Å². The molecule has 1 amide bonds. The standard InChI is InChI=1S/C60H115NO5/c1-3-5-7-9-11-13-15-17-18-19-20-22-25-29-32-36-40-44-48-52-58(63)57(56-62)61-59(64)53-49-45-41-37-33-30-26-23-21-24-27-31-35-39-43-47-51-55-66-60(65)54-50-46-42-38-34-28-16-14-12-10-8-6-4-2/h14,16,21,24,57-58,62-63H,3-13,15,17-20,22-23,25-56H2,1-2H3,(H,61,64)/b16-14-,24-21-. The molecule has 0 heterocycles. The maximum atomic E-state index is 12.5. The zero-order valence-electron chi connectivity index (χ0n) is 44.4. The third-order valence-corrected chi connectivity index (χ3v) is 13.7. The molecule has 2 unspecified atom stereocenters. The second kappa shape index (κ2) is 55.9. The second-order valence-corrected chi connectivity index (χ2v) is 20.3. The van der Waals surface area contributed by atoms with Crippen LogP contribution in [0.15, 0.2) is 24.3 Å². The van der Waals surface area contributed by atoms with Crippen LogP contribution in [0.25, 0.3) is 0 Å². The molecule has 0 aromatic rings. The van der Waals surface area contributed by atoms with Gasteiger partial charge < -0.3 is 20.3 Å². The average molecular weight is 931 g/mol. The average Bonchev–Trinajstić information content (AvgIpc) is 3.32. The third-order valence-electron chi connectivity index (χ3n) is 13.7. The predicted octanol–water partition coefficient (Wildman–Crippen LogP) is 18.2. The van der Waals surface area contributed by atoms with Gasteiger partial charge in [0.2, 0.25) is 5.91 Å². The predicted molar refractivity (Wildman–Crippen MR) is 287 cm³/mol. The largest absolute Gasteiger partial charge is 0.466 e. The summed E-state index contributed by atoms with van der Waals surface area (Å²) in [5.41, 5.74) is 0. The van der Waals surface area contributed by atoms with Gasteiger partial charge in [-0.3, -0.25) is 9.59 Å². The third kappa shape index (κ3) is 51.7. The maximum Gasteiger partial charge on any atom is 0.305 e. The summed E-state index contributed by atoms with van der Waals surface area (Å²) in [7, 11) is 0. The van der Waals surface area contributed by atoms with Crippen LogP contribution in [0.2, 0.25) is 0 Å². The van der Waals surface area contributed by atoms with Gasteiger partial charge in [-0.1, -0.05) is 256 Å². The highest BCUT2D eigenvalue weighted by atomic mass is 16.5. The molecule has 0 aromatic carbocycles. The Kier molecular flexibility index (Phi) is 54.5. The number of allylic oxidation sites excluding steroid dienone is 4. The van der Waals surface area contributed by atoms with Gasteiger partial charge >= 0.3 is 5.97 Å². The molecule has 0 rings (SSSR count). The fourth-order valence-corrected chi connectivity index (χ4v) is 9.16. The molecule has 0 aliphatic rings. The van der Waals surface area contributed by atoms with Crippen LogP contribution in [0, 0.1) is 0 Å². The number of carbonyl (C=O) groups is 2. The summed E-state index contributed by atoms with van der Waals surface area (Å²) < 4.78 is 5.46. The Morgan fingerprint density at radius 1 is 0.409 bits per heavy atom. The number of aliphatic hydroxyl groups excluding tert-OH is 2. The van der Waals surface area contributed by atoms with Crippen LogP contribution in [-0.2, 0) is 14.3 Å². The lowest BCUT2D eigenvalue weighted by molar-refractivity contribution is -0.143. The van der Waals surface area contributed by atoms with E-state index in [0.29, 0.717) is 25.9 Å². The fourth-order valence-electron chi connectivity index (χ4n) is 9.16. The van der Waals surface area contributed by atoms with Crippen LogP contribution in [0.5, 0.6) is 0 Å². The van der Waals surface area contributed by atoms with Gasteiger partial charge in [0.25, 0.3) is 0 Å². The summed E-state index contributed by atoms with van der Waals surface area (Å²) in [6.07, 6.45) is 67.4. The molecule has 0 saturated heterocycles. The first-order valence-electron chi connectivity index (χ1n) is 29.6. The molecule has 2 atom stereocenters. The lowest BCUT2D eigenvalue weighted by Crippen LogP contribution is -2.45. The van der Waals surface area contributed by atoms with Crippen molar-refractivity contribution >= 4 is 11.9 Å². The summed E-state index contributed by atoms with van der Waals surface area (Å²) in [6.45, 7) is 4.93. The highest BCUT2D eigenvalue weighted by Crippen LogP contribution is 2.17. The summed E-state index contributed by atoms with van der Waals surface area (Å²) in [4.78, 5) is 24.5. The zero-order valence-corrected chi connectivity index (χ0v) is 44.4. The molecular formula is C60H115NO5. The number of amides is 1. The van der Waals surface area contributed by atoms with Crippen LogP contribution in [0.3, 0.4) is 0 Å². The molecule has 0 saturated carbocycles. The number of hydrogen-bond donors (Lipinski definition) is 3. The molecule has 0 aromatic heterocycles. The Bertz CT molecular complexity index is 1030. The normalized spacial score (nSPS) is 12.7. The van der Waals surface area contributed by atoms with Crippen LogP contribution in [0.4, 0.5) is 0 Å². The summed E-state index contributed by atoms with van der Waals surface area (Å²) >= 11 is 0. The Labute approximate surface area is 411 Å². The molecule has 6 nitrogen and oxygen atoms in total. The molecule has 0 radical (unpaired) electrons. The first-order chi connectivity index (χ1) is 32.5. The van der Waals surface area contributed by atoms with E-state index in [1.807, 2.05) is 0 Å². The minimum Gasteiger partial charge on any atom is -0.466 e. The molecule has 0 bridgehead atoms. The topological polar surface area (TPSA) is 95.9 Å². The van der Waals surface area contributed by atoms with E-state index in [0.717, 1.165) is 57.8 Å². The molecular weight excluding hydrogens is 815 g/mol. The van der Waals surface area contributed by atoms with Crippen LogP contribution >= 0.6 is 0 Å². The Morgan fingerprint density at radius 3 is 1.09 bits per heavy atom. The maximum absolute atomic E-state index is 12.5. The molecule has 0 spiro atoms. The molecule has 390 valence electrons. The SMILES string of the molecule is CCCCCC/C=C\CCCCCCCC(=O)OCCCCCCCC/C=C\CCCCCCCCCC(=O)NC(CO)C(O)CCCCCCCCCCCCCCCCCCCCC. The van der Waals surface area contributed by atoms with E-state index in [2.05, 4.69) is 43.5 Å². The summed E-state index contributed by atoms with van der Waals surface area (Å²) in [6, 6.07) is -0.551. The highest BCUT2D eigenvalue weighted by molar-refractivity contribution is 5.76. The van der Waals surface area contributed by atoms with Crippen molar-refractivity contribution in [3.63, 3.8) is 0 Å². The monoisotopic (exact) mass is 930 g/mol. The Morgan fingerprint density at radius 2 is 0.712 bits per heavy atom. The van der Waals surface area contributed by atoms with E-state index < -0.39 is 12.1 Å². The smallest absolute Gasteiger partial charge is 0.305 e. The second-order valence-electron chi connectivity index (χ2n) is 20.3. The van der Waals surface area contributed by atoms with E-state index in [9.17, 15) is 19.8 Å². The lowest BCUT2D eigenvalue weighted by Gasteiger charge is -2.22.